The zero-order valence-corrected chi connectivity index (χ0v) is 16.1. The molecule has 0 bridgehead atoms. The van der Waals surface area contributed by atoms with E-state index in [0.717, 1.165) is 0 Å². The van der Waals surface area contributed by atoms with E-state index < -0.39 is 11.6 Å². The van der Waals surface area contributed by atoms with Gasteiger partial charge in [0.05, 0.1) is 6.17 Å². The van der Waals surface area contributed by atoms with Gasteiger partial charge in [-0.2, -0.15) is 0 Å². The normalized spacial score (nSPS) is 23.8. The van der Waals surface area contributed by atoms with Gasteiger partial charge < -0.3 is 19.6 Å². The van der Waals surface area contributed by atoms with Crippen LogP contribution in [0.4, 0.5) is 4.79 Å². The first-order valence-corrected chi connectivity index (χ1v) is 8.84. The van der Waals surface area contributed by atoms with Crippen LogP contribution in [0.25, 0.3) is 0 Å². The summed E-state index contributed by atoms with van der Waals surface area (Å²) in [5.41, 5.74) is 0.379. The summed E-state index contributed by atoms with van der Waals surface area (Å²) in [6.07, 6.45) is 5.75. The van der Waals surface area contributed by atoms with Crippen molar-refractivity contribution in [2.75, 3.05) is 33.2 Å². The van der Waals surface area contributed by atoms with E-state index in [1.54, 1.807) is 22.9 Å². The third-order valence-corrected chi connectivity index (χ3v) is 4.43. The predicted molar refractivity (Wildman–Crippen MR) is 99.5 cm³/mol. The lowest BCUT2D eigenvalue weighted by atomic mass is 10.1. The number of piperazine rings is 1. The highest BCUT2D eigenvalue weighted by atomic mass is 16.6. The highest BCUT2D eigenvalue weighted by molar-refractivity contribution is 5.86. The van der Waals surface area contributed by atoms with Crippen molar-refractivity contribution in [1.29, 1.82) is 0 Å². The van der Waals surface area contributed by atoms with Crippen molar-refractivity contribution in [2.24, 2.45) is 0 Å². The minimum atomic E-state index is -0.971. The van der Waals surface area contributed by atoms with Gasteiger partial charge in [-0.05, 0) is 38.8 Å². The van der Waals surface area contributed by atoms with Crippen LogP contribution >= 0.6 is 0 Å². The zero-order chi connectivity index (χ0) is 19.5. The molecule has 2 heterocycles. The summed E-state index contributed by atoms with van der Waals surface area (Å²) in [6.45, 7) is 11.8. The Morgan fingerprint density at radius 2 is 1.85 bits per heavy atom. The predicted octanol–water partition coefficient (Wildman–Crippen LogP) is 2.28. The number of likely N-dealkylation sites (N-methyl/N-ethyl adjacent to an activating group) is 1. The monoisotopic (exact) mass is 363 g/mol. The van der Waals surface area contributed by atoms with E-state index >= 15 is 0 Å². The Hall–Kier alpha value is -2.28. The molecular formula is C19H29N3O4. The molecule has 1 N–H and O–H groups in total. The lowest BCUT2D eigenvalue weighted by Crippen LogP contribution is -2.56. The van der Waals surface area contributed by atoms with E-state index in [9.17, 15) is 14.7 Å². The number of hydrogen-bond donors (Lipinski definition) is 1. The van der Waals surface area contributed by atoms with Gasteiger partial charge in [-0.3, -0.25) is 4.90 Å². The SMILES string of the molecule is C=C1C=C(C(=O)O)N(C)C(N2CCN(C(=O)OC(C)(C)C)CC2)C/C=C\1. The number of nitrogens with zero attached hydrogens (tertiary/aromatic N) is 3. The highest BCUT2D eigenvalue weighted by Gasteiger charge is 2.32. The Morgan fingerprint density at radius 1 is 1.23 bits per heavy atom. The van der Waals surface area contributed by atoms with Crippen molar-refractivity contribution in [3.05, 3.63) is 36.1 Å². The molecule has 1 unspecified atom stereocenters. The lowest BCUT2D eigenvalue weighted by Gasteiger charge is -2.43. The molecule has 0 aromatic rings. The molecule has 0 aromatic carbocycles. The molecule has 0 aliphatic carbocycles. The Kier molecular flexibility index (Phi) is 6.13. The smallest absolute Gasteiger partial charge is 0.410 e. The minimum absolute atomic E-state index is 0.0810. The van der Waals surface area contributed by atoms with Crippen LogP contribution in [0.5, 0.6) is 0 Å². The first kappa shape index (κ1) is 20.0. The van der Waals surface area contributed by atoms with Crippen LogP contribution in [-0.4, -0.2) is 76.9 Å². The molecule has 0 spiro atoms. The summed E-state index contributed by atoms with van der Waals surface area (Å²) in [5.74, 6) is -0.971. The Balaban J connectivity index is 2.04. The van der Waals surface area contributed by atoms with E-state index in [0.29, 0.717) is 38.2 Å². The van der Waals surface area contributed by atoms with E-state index in [1.165, 1.54) is 0 Å². The number of amides is 1. The van der Waals surface area contributed by atoms with Crippen molar-refractivity contribution in [2.45, 2.75) is 39.0 Å². The van der Waals surface area contributed by atoms with E-state index in [2.05, 4.69) is 11.5 Å². The van der Waals surface area contributed by atoms with Crippen LogP contribution in [-0.2, 0) is 9.53 Å². The summed E-state index contributed by atoms with van der Waals surface area (Å²) in [4.78, 5) is 29.5. The summed E-state index contributed by atoms with van der Waals surface area (Å²) in [5, 5.41) is 9.52. The molecule has 1 fully saturated rings. The topological polar surface area (TPSA) is 73.3 Å². The average Bonchev–Trinajstić information content (AvgIpc) is 2.53. The van der Waals surface area contributed by atoms with Crippen LogP contribution in [0.15, 0.2) is 36.1 Å². The molecule has 7 heteroatoms. The maximum Gasteiger partial charge on any atom is 0.410 e. The molecule has 0 saturated carbocycles. The van der Waals surface area contributed by atoms with E-state index in [4.69, 9.17) is 4.74 Å². The van der Waals surface area contributed by atoms with Crippen LogP contribution < -0.4 is 0 Å². The molecule has 1 atom stereocenters. The molecule has 1 saturated heterocycles. The molecule has 26 heavy (non-hydrogen) atoms. The maximum atomic E-state index is 12.2. The quantitative estimate of drug-likeness (QED) is 0.811. The Bertz CT molecular complexity index is 625. The van der Waals surface area contributed by atoms with E-state index in [-0.39, 0.29) is 18.0 Å². The second-order valence-corrected chi connectivity index (χ2v) is 7.64. The van der Waals surface area contributed by atoms with Gasteiger partial charge in [0.1, 0.15) is 11.3 Å². The fourth-order valence-corrected chi connectivity index (χ4v) is 3.12. The molecule has 144 valence electrons. The molecule has 2 aliphatic rings. The molecule has 7 nitrogen and oxygen atoms in total. The number of carboxylic acids is 1. The highest BCUT2D eigenvalue weighted by Crippen LogP contribution is 2.22. The van der Waals surface area contributed by atoms with Crippen molar-refractivity contribution in [3.8, 4) is 0 Å². The molecule has 2 aliphatic heterocycles. The molecule has 0 radical (unpaired) electrons. The fraction of sp³-hybridized carbons (Fsp3) is 0.579. The number of carbonyl (C=O) groups excluding carboxylic acids is 1. The lowest BCUT2D eigenvalue weighted by molar-refractivity contribution is -0.135. The van der Waals surface area contributed by atoms with Gasteiger partial charge in [0.15, 0.2) is 0 Å². The van der Waals surface area contributed by atoms with Crippen LogP contribution in [0, 0.1) is 0 Å². The molecule has 1 amide bonds. The zero-order valence-electron chi connectivity index (χ0n) is 16.1. The molecule has 2 rings (SSSR count). The third-order valence-electron chi connectivity index (χ3n) is 4.43. The molecule has 0 aromatic heterocycles. The van der Waals surface area contributed by atoms with Crippen molar-refractivity contribution < 1.29 is 19.4 Å². The van der Waals surface area contributed by atoms with Gasteiger partial charge in [-0.25, -0.2) is 9.59 Å². The number of hydrogen-bond acceptors (Lipinski definition) is 5. The first-order valence-electron chi connectivity index (χ1n) is 8.84. The number of ether oxygens (including phenoxy) is 1. The van der Waals surface area contributed by atoms with Gasteiger partial charge in [0.25, 0.3) is 0 Å². The fourth-order valence-electron chi connectivity index (χ4n) is 3.12. The maximum absolute atomic E-state index is 12.2. The molecular weight excluding hydrogens is 334 g/mol. The first-order chi connectivity index (χ1) is 12.1. The van der Waals surface area contributed by atoms with E-state index in [1.807, 2.05) is 32.9 Å². The van der Waals surface area contributed by atoms with Crippen molar-refractivity contribution >= 4 is 12.1 Å². The average molecular weight is 363 g/mol. The number of carboxylic acid groups (broad SMARTS) is 1. The second kappa shape index (κ2) is 7.95. The van der Waals surface area contributed by atoms with Gasteiger partial charge >= 0.3 is 12.1 Å². The summed E-state index contributed by atoms with van der Waals surface area (Å²) >= 11 is 0. The summed E-state index contributed by atoms with van der Waals surface area (Å²) < 4.78 is 5.43. The Morgan fingerprint density at radius 3 is 2.38 bits per heavy atom. The van der Waals surface area contributed by atoms with Gasteiger partial charge in [0, 0.05) is 33.2 Å². The standard InChI is InChI=1S/C19H29N3O4/c1-14-7-6-8-16(20(5)15(13-14)17(23)24)21-9-11-22(12-10-21)18(25)26-19(2,3)4/h6-7,13,16H,1,8-12H2,2-5H3,(H,23,24)/b7-6-,15-13?. The number of rotatable bonds is 2. The minimum Gasteiger partial charge on any atom is -0.477 e. The van der Waals surface area contributed by atoms with Crippen LogP contribution in [0.1, 0.15) is 27.2 Å². The Labute approximate surface area is 155 Å². The number of allylic oxidation sites excluding steroid dienone is 3. The van der Waals surface area contributed by atoms with Crippen LogP contribution in [0.3, 0.4) is 0 Å². The second-order valence-electron chi connectivity index (χ2n) is 7.64. The van der Waals surface area contributed by atoms with Gasteiger partial charge in [-0.15, -0.1) is 0 Å². The number of aliphatic carboxylic acids is 1. The van der Waals surface area contributed by atoms with Crippen LogP contribution in [0.2, 0.25) is 0 Å². The number of carbonyl (C=O) groups is 2. The largest absolute Gasteiger partial charge is 0.477 e. The van der Waals surface area contributed by atoms with Crippen molar-refractivity contribution in [3.63, 3.8) is 0 Å². The summed E-state index contributed by atoms with van der Waals surface area (Å²) in [7, 11) is 1.79. The summed E-state index contributed by atoms with van der Waals surface area (Å²) in [6, 6.07) is 0. The van der Waals surface area contributed by atoms with Gasteiger partial charge in [-0.1, -0.05) is 18.7 Å². The van der Waals surface area contributed by atoms with Gasteiger partial charge in [0.2, 0.25) is 0 Å². The van der Waals surface area contributed by atoms with Crippen molar-refractivity contribution in [1.82, 2.24) is 14.7 Å². The third kappa shape index (κ3) is 5.11.